The average molecular weight is 437 g/mol. The number of anilines is 1. The number of amides is 1. The van der Waals surface area contributed by atoms with Gasteiger partial charge in [-0.1, -0.05) is 19.1 Å². The second-order valence-electron chi connectivity index (χ2n) is 7.56. The van der Waals surface area contributed by atoms with Crippen molar-refractivity contribution in [3.05, 3.63) is 75.3 Å². The van der Waals surface area contributed by atoms with Crippen molar-refractivity contribution >= 4 is 28.8 Å². The van der Waals surface area contributed by atoms with E-state index in [1.807, 2.05) is 31.2 Å². The number of aliphatic hydroxyl groups excluding tert-OH is 1. The van der Waals surface area contributed by atoms with Crippen LogP contribution in [-0.2, 0) is 9.59 Å². The molecule has 0 saturated carbocycles. The number of non-ortho nitro benzene ring substituents is 1. The van der Waals surface area contributed by atoms with E-state index in [9.17, 15) is 24.8 Å². The zero-order chi connectivity index (χ0) is 23.4. The van der Waals surface area contributed by atoms with Gasteiger partial charge in [0, 0.05) is 43.0 Å². The minimum atomic E-state index is -0.757. The lowest BCUT2D eigenvalue weighted by Gasteiger charge is -2.26. The minimum absolute atomic E-state index is 0.00658. The summed E-state index contributed by atoms with van der Waals surface area (Å²) >= 11 is 0. The first-order valence-corrected chi connectivity index (χ1v) is 10.7. The average Bonchev–Trinajstić information content (AvgIpc) is 3.05. The number of nitrogens with zero attached hydrogens (tertiary/aromatic N) is 3. The Morgan fingerprint density at radius 2 is 1.62 bits per heavy atom. The van der Waals surface area contributed by atoms with Crippen molar-refractivity contribution in [2.45, 2.75) is 33.2 Å². The SMILES string of the molecule is CCCN1C(=O)C(=O)/C(=C(\O)c2ccc([N+](=O)[O-])cc2)C1c1ccc(N(CC)CC)cc1. The molecule has 168 valence electrons. The van der Waals surface area contributed by atoms with Gasteiger partial charge in [0.1, 0.15) is 5.76 Å². The zero-order valence-corrected chi connectivity index (χ0v) is 18.4. The van der Waals surface area contributed by atoms with Crippen molar-refractivity contribution in [2.75, 3.05) is 24.5 Å². The van der Waals surface area contributed by atoms with Gasteiger partial charge in [-0.3, -0.25) is 19.7 Å². The van der Waals surface area contributed by atoms with Crippen LogP contribution in [0.3, 0.4) is 0 Å². The molecular formula is C24H27N3O5. The summed E-state index contributed by atoms with van der Waals surface area (Å²) in [6.07, 6.45) is 0.651. The Balaban J connectivity index is 2.10. The van der Waals surface area contributed by atoms with E-state index in [2.05, 4.69) is 18.7 Å². The number of hydrogen-bond donors (Lipinski definition) is 1. The van der Waals surface area contributed by atoms with E-state index in [1.165, 1.54) is 29.2 Å². The van der Waals surface area contributed by atoms with Crippen LogP contribution in [0.1, 0.15) is 44.4 Å². The summed E-state index contributed by atoms with van der Waals surface area (Å²) in [6.45, 7) is 8.12. The lowest BCUT2D eigenvalue weighted by atomic mass is 9.95. The molecule has 1 atom stereocenters. The quantitative estimate of drug-likeness (QED) is 0.217. The van der Waals surface area contributed by atoms with Gasteiger partial charge in [0.15, 0.2) is 0 Å². The number of likely N-dealkylation sites (tertiary alicyclic amines) is 1. The van der Waals surface area contributed by atoms with Gasteiger partial charge in [0.25, 0.3) is 17.4 Å². The Labute approximate surface area is 186 Å². The third-order valence-corrected chi connectivity index (χ3v) is 5.69. The van der Waals surface area contributed by atoms with E-state index in [0.29, 0.717) is 13.0 Å². The van der Waals surface area contributed by atoms with E-state index in [0.717, 1.165) is 24.3 Å². The molecule has 1 unspecified atom stereocenters. The van der Waals surface area contributed by atoms with E-state index in [1.54, 1.807) is 0 Å². The highest BCUT2D eigenvalue weighted by atomic mass is 16.6. The van der Waals surface area contributed by atoms with Gasteiger partial charge < -0.3 is 14.9 Å². The molecule has 8 heteroatoms. The molecule has 8 nitrogen and oxygen atoms in total. The number of nitro groups is 1. The number of carbonyl (C=O) groups excluding carboxylic acids is 2. The maximum absolute atomic E-state index is 12.9. The summed E-state index contributed by atoms with van der Waals surface area (Å²) in [5.41, 5.74) is 1.86. The standard InChI is InChI=1S/C24H27N3O5/c1-4-15-26-21(16-7-11-18(12-8-16)25(5-2)6-3)20(23(29)24(26)30)22(28)17-9-13-19(14-10-17)27(31)32/h7-14,21,28H,4-6,15H2,1-3H3/b22-20-. The van der Waals surface area contributed by atoms with Crippen LogP contribution in [0.2, 0.25) is 0 Å². The molecule has 1 aliphatic heterocycles. The molecule has 1 aliphatic rings. The van der Waals surface area contributed by atoms with Gasteiger partial charge in [-0.2, -0.15) is 0 Å². The summed E-state index contributed by atoms with van der Waals surface area (Å²) in [5.74, 6) is -1.75. The molecule has 3 rings (SSSR count). The van der Waals surface area contributed by atoms with Gasteiger partial charge >= 0.3 is 0 Å². The van der Waals surface area contributed by atoms with Crippen LogP contribution >= 0.6 is 0 Å². The van der Waals surface area contributed by atoms with Crippen molar-refractivity contribution in [3.8, 4) is 0 Å². The Kier molecular flexibility index (Phi) is 6.92. The number of hydrogen-bond acceptors (Lipinski definition) is 6. The van der Waals surface area contributed by atoms with Crippen LogP contribution in [0.4, 0.5) is 11.4 Å². The highest BCUT2D eigenvalue weighted by Crippen LogP contribution is 2.40. The van der Waals surface area contributed by atoms with Gasteiger partial charge in [0.05, 0.1) is 16.5 Å². The van der Waals surface area contributed by atoms with E-state index in [-0.39, 0.29) is 22.6 Å². The molecule has 0 aliphatic carbocycles. The van der Waals surface area contributed by atoms with E-state index < -0.39 is 22.7 Å². The molecule has 1 heterocycles. The monoisotopic (exact) mass is 437 g/mol. The Morgan fingerprint density at radius 3 is 2.12 bits per heavy atom. The third-order valence-electron chi connectivity index (χ3n) is 5.69. The number of nitro benzene ring substituents is 1. The fraction of sp³-hybridized carbons (Fsp3) is 0.333. The first-order valence-electron chi connectivity index (χ1n) is 10.7. The molecule has 0 spiro atoms. The van der Waals surface area contributed by atoms with Crippen molar-refractivity contribution in [1.82, 2.24) is 4.90 Å². The molecule has 2 aromatic rings. The molecule has 1 fully saturated rings. The predicted octanol–water partition coefficient (Wildman–Crippen LogP) is 4.27. The van der Waals surface area contributed by atoms with Crippen LogP contribution in [0.15, 0.2) is 54.1 Å². The van der Waals surface area contributed by atoms with Gasteiger partial charge in [0.2, 0.25) is 0 Å². The molecule has 1 N–H and O–H groups in total. The van der Waals surface area contributed by atoms with Crippen LogP contribution in [-0.4, -0.2) is 46.3 Å². The van der Waals surface area contributed by atoms with Crippen LogP contribution in [0.25, 0.3) is 5.76 Å². The number of rotatable bonds is 8. The summed E-state index contributed by atoms with van der Waals surface area (Å²) in [4.78, 5) is 39.7. The van der Waals surface area contributed by atoms with Crippen LogP contribution in [0.5, 0.6) is 0 Å². The highest BCUT2D eigenvalue weighted by Gasteiger charge is 2.45. The first kappa shape index (κ1) is 23.0. The largest absolute Gasteiger partial charge is 0.507 e. The maximum atomic E-state index is 12.9. The summed E-state index contributed by atoms with van der Waals surface area (Å²) in [6, 6.07) is 12.2. The number of benzene rings is 2. The molecule has 0 radical (unpaired) electrons. The first-order chi connectivity index (χ1) is 15.3. The van der Waals surface area contributed by atoms with E-state index in [4.69, 9.17) is 0 Å². The van der Waals surface area contributed by atoms with Gasteiger partial charge in [-0.25, -0.2) is 0 Å². The van der Waals surface area contributed by atoms with E-state index >= 15 is 0 Å². The molecule has 1 saturated heterocycles. The fourth-order valence-corrected chi connectivity index (χ4v) is 4.05. The number of Topliss-reactive ketones (excluding diaryl/α,β-unsaturated/α-hetero) is 1. The topological polar surface area (TPSA) is 104 Å². The fourth-order valence-electron chi connectivity index (χ4n) is 4.05. The van der Waals surface area contributed by atoms with Crippen LogP contribution in [0, 0.1) is 10.1 Å². The Morgan fingerprint density at radius 1 is 1.03 bits per heavy atom. The van der Waals surface area contributed by atoms with Crippen molar-refractivity contribution in [1.29, 1.82) is 0 Å². The molecule has 0 aromatic heterocycles. The van der Waals surface area contributed by atoms with Gasteiger partial charge in [-0.15, -0.1) is 0 Å². The smallest absolute Gasteiger partial charge is 0.295 e. The normalized spacial score (nSPS) is 17.6. The maximum Gasteiger partial charge on any atom is 0.295 e. The molecule has 2 aromatic carbocycles. The van der Waals surface area contributed by atoms with Crippen molar-refractivity contribution < 1.29 is 19.6 Å². The highest BCUT2D eigenvalue weighted by molar-refractivity contribution is 6.46. The predicted molar refractivity (Wildman–Crippen MR) is 122 cm³/mol. The number of aliphatic hydroxyl groups is 1. The summed E-state index contributed by atoms with van der Waals surface area (Å²) < 4.78 is 0. The van der Waals surface area contributed by atoms with Crippen LogP contribution < -0.4 is 4.90 Å². The zero-order valence-electron chi connectivity index (χ0n) is 18.4. The molecule has 32 heavy (non-hydrogen) atoms. The minimum Gasteiger partial charge on any atom is -0.507 e. The van der Waals surface area contributed by atoms with Gasteiger partial charge in [-0.05, 0) is 50.1 Å². The lowest BCUT2D eigenvalue weighted by Crippen LogP contribution is -2.30. The molecular weight excluding hydrogens is 410 g/mol. The number of carbonyl (C=O) groups is 2. The van der Waals surface area contributed by atoms with Crippen molar-refractivity contribution in [3.63, 3.8) is 0 Å². The molecule has 1 amide bonds. The lowest BCUT2D eigenvalue weighted by molar-refractivity contribution is -0.384. The Hall–Kier alpha value is -3.68. The Bertz CT molecular complexity index is 1040. The number of ketones is 1. The second-order valence-corrected chi connectivity index (χ2v) is 7.56. The summed E-state index contributed by atoms with van der Waals surface area (Å²) in [7, 11) is 0. The van der Waals surface area contributed by atoms with Crippen molar-refractivity contribution in [2.24, 2.45) is 0 Å². The summed E-state index contributed by atoms with van der Waals surface area (Å²) in [5, 5.41) is 21.9. The third kappa shape index (κ3) is 4.21. The molecule has 0 bridgehead atoms. The second kappa shape index (κ2) is 9.64.